The molecule has 0 radical (unpaired) electrons. The summed E-state index contributed by atoms with van der Waals surface area (Å²) in [7, 11) is 0. The van der Waals surface area contributed by atoms with E-state index in [4.69, 9.17) is 0 Å². The van der Waals surface area contributed by atoms with Crippen LogP contribution in [0.5, 0.6) is 0 Å². The standard InChI is InChI=1S/C21H24N2O2/c1-14-7-9-17(10-8-14)12-23-13-18(11-19(23)24)21(25)22-20-15(2)5-4-6-16(20)3/h4-10,18H,11-13H2,1-3H3,(H,22,25). The van der Waals surface area contributed by atoms with Crippen molar-refractivity contribution in [3.05, 3.63) is 64.7 Å². The Hall–Kier alpha value is -2.62. The fourth-order valence-electron chi connectivity index (χ4n) is 3.25. The fraction of sp³-hybridized carbons (Fsp3) is 0.333. The molecule has 130 valence electrons. The average molecular weight is 336 g/mol. The number of aryl methyl sites for hydroxylation is 3. The van der Waals surface area contributed by atoms with Gasteiger partial charge in [0.1, 0.15) is 0 Å². The minimum Gasteiger partial charge on any atom is -0.338 e. The molecule has 0 spiro atoms. The van der Waals surface area contributed by atoms with Gasteiger partial charge in [-0.3, -0.25) is 9.59 Å². The highest BCUT2D eigenvalue weighted by molar-refractivity contribution is 5.98. The van der Waals surface area contributed by atoms with E-state index in [2.05, 4.69) is 5.32 Å². The number of nitrogens with zero attached hydrogens (tertiary/aromatic N) is 1. The third-order valence-corrected chi connectivity index (χ3v) is 4.81. The first-order chi connectivity index (χ1) is 11.9. The first-order valence-electron chi connectivity index (χ1n) is 8.64. The Kier molecular flexibility index (Phi) is 4.88. The summed E-state index contributed by atoms with van der Waals surface area (Å²) in [5.74, 6) is -0.323. The van der Waals surface area contributed by atoms with Crippen molar-refractivity contribution < 1.29 is 9.59 Å². The Morgan fingerprint density at radius 3 is 2.36 bits per heavy atom. The van der Waals surface area contributed by atoms with Crippen LogP contribution in [0.4, 0.5) is 5.69 Å². The minimum absolute atomic E-state index is 0.0437. The zero-order chi connectivity index (χ0) is 18.0. The van der Waals surface area contributed by atoms with Gasteiger partial charge in [0.2, 0.25) is 11.8 Å². The van der Waals surface area contributed by atoms with Crippen molar-refractivity contribution >= 4 is 17.5 Å². The van der Waals surface area contributed by atoms with Gasteiger partial charge in [-0.2, -0.15) is 0 Å². The smallest absolute Gasteiger partial charge is 0.229 e. The van der Waals surface area contributed by atoms with Crippen LogP contribution in [0.3, 0.4) is 0 Å². The topological polar surface area (TPSA) is 49.4 Å². The molecule has 2 aromatic rings. The van der Waals surface area contributed by atoms with Gasteiger partial charge in [-0.25, -0.2) is 0 Å². The highest BCUT2D eigenvalue weighted by Gasteiger charge is 2.34. The summed E-state index contributed by atoms with van der Waals surface area (Å²) in [6, 6.07) is 14.1. The Bertz CT molecular complexity index is 776. The first kappa shape index (κ1) is 17.2. The molecule has 1 atom stereocenters. The van der Waals surface area contributed by atoms with Crippen molar-refractivity contribution in [2.45, 2.75) is 33.7 Å². The number of carbonyl (C=O) groups excluding carboxylic acids is 2. The fourth-order valence-corrected chi connectivity index (χ4v) is 3.25. The van der Waals surface area contributed by atoms with Crippen LogP contribution in [-0.2, 0) is 16.1 Å². The molecule has 25 heavy (non-hydrogen) atoms. The molecule has 1 aliphatic heterocycles. The van der Waals surface area contributed by atoms with Crippen LogP contribution in [-0.4, -0.2) is 23.3 Å². The summed E-state index contributed by atoms with van der Waals surface area (Å²) in [5, 5.41) is 3.02. The van der Waals surface area contributed by atoms with Crippen molar-refractivity contribution in [3.63, 3.8) is 0 Å². The van der Waals surface area contributed by atoms with E-state index in [1.54, 1.807) is 4.90 Å². The van der Waals surface area contributed by atoms with E-state index in [1.165, 1.54) is 5.56 Å². The van der Waals surface area contributed by atoms with Crippen LogP contribution < -0.4 is 5.32 Å². The lowest BCUT2D eigenvalue weighted by Gasteiger charge is -2.17. The molecule has 2 aromatic carbocycles. The van der Waals surface area contributed by atoms with Gasteiger partial charge in [0.25, 0.3) is 0 Å². The van der Waals surface area contributed by atoms with Crippen molar-refractivity contribution in [2.24, 2.45) is 5.92 Å². The van der Waals surface area contributed by atoms with E-state index in [1.807, 2.05) is 63.2 Å². The zero-order valence-electron chi connectivity index (χ0n) is 15.0. The summed E-state index contributed by atoms with van der Waals surface area (Å²) < 4.78 is 0. The molecule has 1 N–H and O–H groups in total. The van der Waals surface area contributed by atoms with Gasteiger partial charge in [-0.1, -0.05) is 48.0 Å². The van der Waals surface area contributed by atoms with Crippen LogP contribution in [0.1, 0.15) is 28.7 Å². The quantitative estimate of drug-likeness (QED) is 0.927. The summed E-state index contributed by atoms with van der Waals surface area (Å²) in [5.41, 5.74) is 5.22. The molecule has 1 unspecified atom stereocenters. The number of hydrogen-bond donors (Lipinski definition) is 1. The molecular weight excluding hydrogens is 312 g/mol. The Balaban J connectivity index is 1.65. The highest BCUT2D eigenvalue weighted by Crippen LogP contribution is 2.24. The summed E-state index contributed by atoms with van der Waals surface area (Å²) >= 11 is 0. The van der Waals surface area contributed by atoms with E-state index >= 15 is 0 Å². The van der Waals surface area contributed by atoms with Crippen LogP contribution in [0.25, 0.3) is 0 Å². The molecule has 1 saturated heterocycles. The van der Waals surface area contributed by atoms with Crippen LogP contribution in [0, 0.1) is 26.7 Å². The lowest BCUT2D eigenvalue weighted by Crippen LogP contribution is -2.28. The Morgan fingerprint density at radius 1 is 1.08 bits per heavy atom. The molecule has 3 rings (SSSR count). The number of carbonyl (C=O) groups is 2. The van der Waals surface area contributed by atoms with E-state index in [0.29, 0.717) is 13.1 Å². The predicted octanol–water partition coefficient (Wildman–Crippen LogP) is 3.60. The molecule has 4 heteroatoms. The number of amides is 2. The predicted molar refractivity (Wildman–Crippen MR) is 99.2 cm³/mol. The van der Waals surface area contributed by atoms with Crippen LogP contribution >= 0.6 is 0 Å². The van der Waals surface area contributed by atoms with E-state index in [0.717, 1.165) is 22.4 Å². The maximum Gasteiger partial charge on any atom is 0.229 e. The summed E-state index contributed by atoms with van der Waals surface area (Å²) in [4.78, 5) is 26.7. The van der Waals surface area contributed by atoms with Gasteiger partial charge in [0.05, 0.1) is 5.92 Å². The molecule has 0 saturated carbocycles. The molecule has 1 heterocycles. The summed E-state index contributed by atoms with van der Waals surface area (Å²) in [6.07, 6.45) is 0.280. The number of hydrogen-bond acceptors (Lipinski definition) is 2. The largest absolute Gasteiger partial charge is 0.338 e. The van der Waals surface area contributed by atoms with Crippen molar-refractivity contribution in [1.82, 2.24) is 4.90 Å². The number of likely N-dealkylation sites (tertiary alicyclic amines) is 1. The Morgan fingerprint density at radius 2 is 1.72 bits per heavy atom. The number of para-hydroxylation sites is 1. The van der Waals surface area contributed by atoms with Crippen molar-refractivity contribution in [2.75, 3.05) is 11.9 Å². The van der Waals surface area contributed by atoms with E-state index < -0.39 is 0 Å². The van der Waals surface area contributed by atoms with Crippen LogP contribution in [0.15, 0.2) is 42.5 Å². The van der Waals surface area contributed by atoms with Gasteiger partial charge < -0.3 is 10.2 Å². The molecule has 0 aromatic heterocycles. The average Bonchev–Trinajstić information content (AvgIpc) is 2.94. The Labute approximate surface area is 148 Å². The first-order valence-corrected chi connectivity index (χ1v) is 8.64. The lowest BCUT2D eigenvalue weighted by atomic mass is 10.1. The normalized spacial score (nSPS) is 17.0. The summed E-state index contributed by atoms with van der Waals surface area (Å²) in [6.45, 7) is 7.03. The van der Waals surface area contributed by atoms with Gasteiger partial charge in [-0.15, -0.1) is 0 Å². The minimum atomic E-state index is -0.294. The number of benzene rings is 2. The van der Waals surface area contributed by atoms with Gasteiger partial charge in [0.15, 0.2) is 0 Å². The van der Waals surface area contributed by atoms with Crippen LogP contribution in [0.2, 0.25) is 0 Å². The SMILES string of the molecule is Cc1ccc(CN2CC(C(=O)Nc3c(C)cccc3C)CC2=O)cc1. The molecule has 0 bridgehead atoms. The molecule has 4 nitrogen and oxygen atoms in total. The molecule has 2 amide bonds. The number of rotatable bonds is 4. The third-order valence-electron chi connectivity index (χ3n) is 4.81. The highest BCUT2D eigenvalue weighted by atomic mass is 16.2. The second-order valence-electron chi connectivity index (χ2n) is 6.92. The molecule has 1 aliphatic rings. The second kappa shape index (κ2) is 7.09. The molecule has 1 fully saturated rings. The maximum absolute atomic E-state index is 12.6. The second-order valence-corrected chi connectivity index (χ2v) is 6.92. The monoisotopic (exact) mass is 336 g/mol. The van der Waals surface area contributed by atoms with Gasteiger partial charge >= 0.3 is 0 Å². The van der Waals surface area contributed by atoms with E-state index in [9.17, 15) is 9.59 Å². The number of anilines is 1. The van der Waals surface area contributed by atoms with Crippen molar-refractivity contribution in [3.8, 4) is 0 Å². The number of nitrogens with one attached hydrogen (secondary N) is 1. The van der Waals surface area contributed by atoms with Gasteiger partial charge in [-0.05, 0) is 37.5 Å². The maximum atomic E-state index is 12.6. The van der Waals surface area contributed by atoms with E-state index in [-0.39, 0.29) is 24.2 Å². The van der Waals surface area contributed by atoms with Crippen molar-refractivity contribution in [1.29, 1.82) is 0 Å². The molecular formula is C21H24N2O2. The lowest BCUT2D eigenvalue weighted by molar-refractivity contribution is -0.128. The van der Waals surface area contributed by atoms with Gasteiger partial charge in [0, 0.05) is 25.2 Å². The third kappa shape index (κ3) is 3.90. The molecule has 0 aliphatic carbocycles. The zero-order valence-corrected chi connectivity index (χ0v) is 15.0.